The largest absolute Gasteiger partial charge is 0.472 e. The van der Waals surface area contributed by atoms with Gasteiger partial charge in [0.05, 0.1) is 4.90 Å². The van der Waals surface area contributed by atoms with E-state index in [1.54, 1.807) is 12.1 Å². The smallest absolute Gasteiger partial charge is 0.391 e. The van der Waals surface area contributed by atoms with Gasteiger partial charge >= 0.3 is 6.01 Å². The fraction of sp³-hybridized carbons (Fsp3) is 0. The molecule has 5 nitrogen and oxygen atoms in total. The van der Waals surface area contributed by atoms with Crippen molar-refractivity contribution in [2.75, 3.05) is 0 Å². The fourth-order valence-electron chi connectivity index (χ4n) is 2.94. The molecule has 1 heterocycles. The van der Waals surface area contributed by atoms with Crippen LogP contribution in [-0.2, 0) is 9.84 Å². The standard InChI is InChI=1S/C23H19N2O3S/c1-2-29(26,27)22-15-13-21(14-16-22)28-23-24(19-9-5-3-6-10-19)17-18-25(23)20-11-7-4-8-12-20/h2-18H,1H2/q+1. The summed E-state index contributed by atoms with van der Waals surface area (Å²) in [4.78, 5) is 0.175. The van der Waals surface area contributed by atoms with E-state index in [9.17, 15) is 8.42 Å². The SMILES string of the molecule is C=CS(=O)(=O)c1ccc(Oc2n(-c3ccccc3)cc[n+]2-c2ccccc2)cc1. The highest BCUT2D eigenvalue weighted by atomic mass is 32.2. The molecule has 4 aromatic rings. The number of hydrogen-bond donors (Lipinski definition) is 0. The first kappa shape index (κ1) is 18.7. The molecular formula is C23H19N2O3S+. The van der Waals surface area contributed by atoms with Crippen LogP contribution in [0.15, 0.2) is 114 Å². The third kappa shape index (κ3) is 3.83. The lowest BCUT2D eigenvalue weighted by atomic mass is 10.3. The molecule has 0 N–H and O–H groups in total. The summed E-state index contributed by atoms with van der Waals surface area (Å²) in [7, 11) is -3.48. The number of rotatable bonds is 6. The molecule has 144 valence electrons. The first-order valence-corrected chi connectivity index (χ1v) is 10.5. The molecule has 0 spiro atoms. The summed E-state index contributed by atoms with van der Waals surface area (Å²) in [6, 6.07) is 26.6. The lowest BCUT2D eigenvalue weighted by Crippen LogP contribution is -2.30. The number of hydrogen-bond acceptors (Lipinski definition) is 3. The molecule has 0 amide bonds. The molecule has 0 saturated carbocycles. The zero-order chi connectivity index (χ0) is 20.3. The van der Waals surface area contributed by atoms with Crippen LogP contribution in [0.4, 0.5) is 0 Å². The van der Waals surface area contributed by atoms with Gasteiger partial charge in [-0.2, -0.15) is 9.13 Å². The molecule has 0 radical (unpaired) electrons. The topological polar surface area (TPSA) is 52.2 Å². The van der Waals surface area contributed by atoms with Crippen molar-refractivity contribution in [3.63, 3.8) is 0 Å². The van der Waals surface area contributed by atoms with Gasteiger partial charge < -0.3 is 4.74 Å². The lowest BCUT2D eigenvalue weighted by molar-refractivity contribution is -0.601. The average Bonchev–Trinajstić information content (AvgIpc) is 3.19. The highest BCUT2D eigenvalue weighted by Gasteiger charge is 2.23. The fourth-order valence-corrected chi connectivity index (χ4v) is 3.65. The highest BCUT2D eigenvalue weighted by Crippen LogP contribution is 2.25. The van der Waals surface area contributed by atoms with E-state index in [0.29, 0.717) is 11.8 Å². The van der Waals surface area contributed by atoms with Gasteiger partial charge in [0.1, 0.15) is 29.5 Å². The summed E-state index contributed by atoms with van der Waals surface area (Å²) < 4.78 is 33.9. The normalized spacial score (nSPS) is 11.2. The predicted molar refractivity (Wildman–Crippen MR) is 111 cm³/mol. The van der Waals surface area contributed by atoms with Crippen LogP contribution in [0.25, 0.3) is 11.4 Å². The Morgan fingerprint density at radius 2 is 1.48 bits per heavy atom. The van der Waals surface area contributed by atoms with E-state index >= 15 is 0 Å². The molecule has 1 aromatic heterocycles. The number of nitrogens with zero attached hydrogens (tertiary/aromatic N) is 2. The second kappa shape index (κ2) is 7.77. The van der Waals surface area contributed by atoms with Crippen LogP contribution in [0.3, 0.4) is 0 Å². The molecule has 0 saturated heterocycles. The first-order chi connectivity index (χ1) is 14.1. The third-order valence-corrected chi connectivity index (χ3v) is 5.79. The monoisotopic (exact) mass is 403 g/mol. The van der Waals surface area contributed by atoms with Crippen LogP contribution in [0.1, 0.15) is 0 Å². The number of benzene rings is 3. The van der Waals surface area contributed by atoms with Gasteiger partial charge in [0.25, 0.3) is 0 Å². The van der Waals surface area contributed by atoms with Gasteiger partial charge in [0.2, 0.25) is 0 Å². The quantitative estimate of drug-likeness (QED) is 0.447. The second-order valence-corrected chi connectivity index (χ2v) is 8.17. The molecule has 0 aliphatic carbocycles. The Hall–Kier alpha value is -3.64. The van der Waals surface area contributed by atoms with Crippen LogP contribution in [0.5, 0.6) is 11.8 Å². The molecule has 6 heteroatoms. The van der Waals surface area contributed by atoms with E-state index in [-0.39, 0.29) is 4.90 Å². The van der Waals surface area contributed by atoms with Crippen LogP contribution < -0.4 is 9.30 Å². The van der Waals surface area contributed by atoms with Gasteiger partial charge in [0.15, 0.2) is 9.84 Å². The van der Waals surface area contributed by atoms with Crippen molar-refractivity contribution in [1.82, 2.24) is 4.57 Å². The third-order valence-electron chi connectivity index (χ3n) is 4.43. The van der Waals surface area contributed by atoms with E-state index in [2.05, 4.69) is 6.58 Å². The predicted octanol–water partition coefficient (Wildman–Crippen LogP) is 4.46. The Bertz CT molecular complexity index is 1170. The number of imidazole rings is 1. The summed E-state index contributed by atoms with van der Waals surface area (Å²) in [5.74, 6) is 0.522. The van der Waals surface area contributed by atoms with Crippen LogP contribution >= 0.6 is 0 Å². The van der Waals surface area contributed by atoms with Crippen molar-refractivity contribution < 1.29 is 17.7 Å². The Balaban J connectivity index is 1.77. The number of sulfone groups is 1. The summed E-state index contributed by atoms with van der Waals surface area (Å²) in [5, 5.41) is 0.937. The molecule has 0 fully saturated rings. The Kier molecular flexibility index (Phi) is 5.01. The van der Waals surface area contributed by atoms with Gasteiger partial charge in [0, 0.05) is 5.41 Å². The van der Waals surface area contributed by atoms with Gasteiger partial charge in [-0.15, -0.1) is 0 Å². The maximum absolute atomic E-state index is 11.9. The van der Waals surface area contributed by atoms with E-state index < -0.39 is 9.84 Å². The molecule has 0 aliphatic heterocycles. The Morgan fingerprint density at radius 3 is 2.10 bits per heavy atom. The first-order valence-electron chi connectivity index (χ1n) is 8.98. The molecule has 0 aliphatic rings. The van der Waals surface area contributed by atoms with Crippen LogP contribution in [0.2, 0.25) is 0 Å². The molecule has 4 rings (SSSR count). The maximum Gasteiger partial charge on any atom is 0.472 e. The van der Waals surface area contributed by atoms with Crippen molar-refractivity contribution in [2.45, 2.75) is 4.90 Å². The molecule has 0 unspecified atom stereocenters. The summed E-state index contributed by atoms with van der Waals surface area (Å²) in [6.45, 7) is 3.36. The Labute approximate surface area is 169 Å². The minimum atomic E-state index is -3.48. The van der Waals surface area contributed by atoms with Crippen LogP contribution in [-0.4, -0.2) is 13.0 Å². The zero-order valence-electron chi connectivity index (χ0n) is 15.5. The van der Waals surface area contributed by atoms with Crippen molar-refractivity contribution in [1.29, 1.82) is 0 Å². The molecular weight excluding hydrogens is 384 g/mol. The molecule has 0 atom stereocenters. The number of aromatic nitrogens is 2. The van der Waals surface area contributed by atoms with E-state index in [1.807, 2.05) is 82.2 Å². The van der Waals surface area contributed by atoms with Gasteiger partial charge in [-0.1, -0.05) is 43.0 Å². The highest BCUT2D eigenvalue weighted by molar-refractivity contribution is 7.94. The summed E-state index contributed by atoms with van der Waals surface area (Å²) in [5.41, 5.74) is 1.89. The van der Waals surface area contributed by atoms with Gasteiger partial charge in [-0.3, -0.25) is 0 Å². The molecule has 29 heavy (non-hydrogen) atoms. The van der Waals surface area contributed by atoms with E-state index in [1.165, 1.54) is 12.1 Å². The Morgan fingerprint density at radius 1 is 0.862 bits per heavy atom. The van der Waals surface area contributed by atoms with Gasteiger partial charge in [-0.05, 0) is 48.5 Å². The average molecular weight is 403 g/mol. The maximum atomic E-state index is 11.9. The minimum Gasteiger partial charge on any atom is -0.391 e. The summed E-state index contributed by atoms with van der Waals surface area (Å²) in [6.07, 6.45) is 3.85. The molecule has 3 aromatic carbocycles. The second-order valence-electron chi connectivity index (χ2n) is 6.28. The van der Waals surface area contributed by atoms with Gasteiger partial charge in [-0.25, -0.2) is 8.42 Å². The van der Waals surface area contributed by atoms with Crippen molar-refractivity contribution in [2.24, 2.45) is 0 Å². The minimum absolute atomic E-state index is 0.175. The number of para-hydroxylation sites is 2. The van der Waals surface area contributed by atoms with E-state index in [0.717, 1.165) is 16.8 Å². The molecule has 0 bridgehead atoms. The van der Waals surface area contributed by atoms with Crippen molar-refractivity contribution in [3.8, 4) is 23.1 Å². The van der Waals surface area contributed by atoms with Crippen LogP contribution in [0, 0.1) is 0 Å². The lowest BCUT2D eigenvalue weighted by Gasteiger charge is -2.07. The zero-order valence-corrected chi connectivity index (χ0v) is 16.4. The summed E-state index contributed by atoms with van der Waals surface area (Å²) >= 11 is 0. The van der Waals surface area contributed by atoms with Crippen molar-refractivity contribution in [3.05, 3.63) is 109 Å². The van der Waals surface area contributed by atoms with E-state index in [4.69, 9.17) is 4.74 Å². The van der Waals surface area contributed by atoms with Crippen molar-refractivity contribution >= 4 is 9.84 Å². The number of ether oxygens (including phenoxy) is 1.